The number of hydrogen-bond acceptors (Lipinski definition) is 6. The van der Waals surface area contributed by atoms with E-state index in [1.165, 1.54) is 11.8 Å². The fourth-order valence-corrected chi connectivity index (χ4v) is 3.57. The number of furan rings is 1. The second-order valence-electron chi connectivity index (χ2n) is 6.63. The molecule has 0 atom stereocenters. The van der Waals surface area contributed by atoms with E-state index in [0.717, 1.165) is 5.56 Å². The Balaban J connectivity index is 1.59. The molecule has 2 aromatic carbocycles. The summed E-state index contributed by atoms with van der Waals surface area (Å²) in [6.45, 7) is 2.44. The number of esters is 1. The highest BCUT2D eigenvalue weighted by Gasteiger charge is 2.26. The van der Waals surface area contributed by atoms with E-state index >= 15 is 0 Å². The van der Waals surface area contributed by atoms with Crippen LogP contribution in [0.15, 0.2) is 74.4 Å². The predicted octanol–water partition coefficient (Wildman–Crippen LogP) is 5.28. The average molecular weight is 468 g/mol. The standard InChI is InChI=1S/C23H18BrNO5/c1-14-5-3-6-15(9-14)13-29-21-17(24)10-16(12-20(21)27-2)11-18-23(26)30-22(25-18)19-7-4-8-28-19/h3-12H,13H2,1-2H3/b18-11-. The maximum atomic E-state index is 12.2. The molecule has 152 valence electrons. The summed E-state index contributed by atoms with van der Waals surface area (Å²) in [7, 11) is 1.56. The SMILES string of the molecule is COc1cc(/C=C2\N=C(c3ccco3)OC2=O)cc(Br)c1OCc1cccc(C)c1. The Labute approximate surface area is 181 Å². The Morgan fingerprint density at radius 3 is 2.77 bits per heavy atom. The maximum Gasteiger partial charge on any atom is 0.363 e. The number of methoxy groups -OCH3 is 1. The molecule has 0 saturated carbocycles. The van der Waals surface area contributed by atoms with Crippen molar-refractivity contribution in [2.45, 2.75) is 13.5 Å². The number of hydrogen-bond donors (Lipinski definition) is 0. The molecular weight excluding hydrogens is 450 g/mol. The molecule has 0 amide bonds. The number of nitrogens with zero attached hydrogens (tertiary/aromatic N) is 1. The van der Waals surface area contributed by atoms with E-state index in [9.17, 15) is 4.79 Å². The van der Waals surface area contributed by atoms with Crippen LogP contribution in [0.25, 0.3) is 6.08 Å². The zero-order chi connectivity index (χ0) is 21.1. The van der Waals surface area contributed by atoms with Gasteiger partial charge in [0.15, 0.2) is 23.0 Å². The lowest BCUT2D eigenvalue weighted by Gasteiger charge is -2.14. The summed E-state index contributed by atoms with van der Waals surface area (Å²) < 4.78 is 22.6. The molecule has 0 aliphatic carbocycles. The van der Waals surface area contributed by atoms with Gasteiger partial charge >= 0.3 is 5.97 Å². The fraction of sp³-hybridized carbons (Fsp3) is 0.130. The minimum atomic E-state index is -0.545. The molecule has 0 bridgehead atoms. The molecule has 3 aromatic rings. The molecule has 30 heavy (non-hydrogen) atoms. The molecule has 1 aromatic heterocycles. The smallest absolute Gasteiger partial charge is 0.363 e. The monoisotopic (exact) mass is 467 g/mol. The van der Waals surface area contributed by atoms with Gasteiger partial charge in [-0.2, -0.15) is 0 Å². The third-order valence-corrected chi connectivity index (χ3v) is 4.96. The first-order valence-electron chi connectivity index (χ1n) is 9.16. The van der Waals surface area contributed by atoms with Crippen LogP contribution in [0.2, 0.25) is 0 Å². The quantitative estimate of drug-likeness (QED) is 0.364. The van der Waals surface area contributed by atoms with Crippen molar-refractivity contribution in [3.63, 3.8) is 0 Å². The number of aliphatic imine (C=N–C) groups is 1. The number of halogens is 1. The lowest BCUT2D eigenvalue weighted by Crippen LogP contribution is -2.04. The highest BCUT2D eigenvalue weighted by atomic mass is 79.9. The minimum absolute atomic E-state index is 0.139. The topological polar surface area (TPSA) is 70.3 Å². The van der Waals surface area contributed by atoms with Gasteiger partial charge in [0, 0.05) is 0 Å². The Bertz CT molecular complexity index is 1150. The molecule has 0 saturated heterocycles. The summed E-state index contributed by atoms with van der Waals surface area (Å²) in [4.78, 5) is 16.4. The van der Waals surface area contributed by atoms with Crippen LogP contribution in [0.5, 0.6) is 11.5 Å². The summed E-state index contributed by atoms with van der Waals surface area (Å²) in [6, 6.07) is 15.1. The Morgan fingerprint density at radius 2 is 2.03 bits per heavy atom. The number of carbonyl (C=O) groups excluding carboxylic acids is 1. The van der Waals surface area contributed by atoms with Crippen molar-refractivity contribution in [1.29, 1.82) is 0 Å². The fourth-order valence-electron chi connectivity index (χ4n) is 2.99. The van der Waals surface area contributed by atoms with Gasteiger partial charge in [-0.05, 0) is 64.3 Å². The van der Waals surface area contributed by atoms with Crippen LogP contribution in [0, 0.1) is 6.92 Å². The number of aryl methyl sites for hydroxylation is 1. The summed E-state index contributed by atoms with van der Waals surface area (Å²) in [5, 5.41) is 0. The van der Waals surface area contributed by atoms with Gasteiger partial charge in [0.25, 0.3) is 5.90 Å². The largest absolute Gasteiger partial charge is 0.493 e. The molecule has 6 nitrogen and oxygen atoms in total. The van der Waals surface area contributed by atoms with Crippen molar-refractivity contribution >= 4 is 33.9 Å². The maximum absolute atomic E-state index is 12.2. The lowest BCUT2D eigenvalue weighted by molar-refractivity contribution is -0.130. The highest BCUT2D eigenvalue weighted by molar-refractivity contribution is 9.10. The number of benzene rings is 2. The molecule has 4 rings (SSSR count). The molecule has 1 aliphatic rings. The van der Waals surface area contributed by atoms with Crippen molar-refractivity contribution in [2.75, 3.05) is 7.11 Å². The number of ether oxygens (including phenoxy) is 3. The van der Waals surface area contributed by atoms with Crippen LogP contribution < -0.4 is 9.47 Å². The summed E-state index contributed by atoms with van der Waals surface area (Å²) >= 11 is 3.53. The highest BCUT2D eigenvalue weighted by Crippen LogP contribution is 2.38. The molecule has 0 N–H and O–H groups in total. The average Bonchev–Trinajstić information content (AvgIpc) is 3.37. The van der Waals surface area contributed by atoms with Crippen molar-refractivity contribution in [3.05, 3.63) is 87.4 Å². The van der Waals surface area contributed by atoms with Gasteiger partial charge < -0.3 is 18.6 Å². The molecular formula is C23H18BrNO5. The number of cyclic esters (lactones) is 1. The van der Waals surface area contributed by atoms with Crippen LogP contribution in [-0.4, -0.2) is 19.0 Å². The van der Waals surface area contributed by atoms with Crippen molar-refractivity contribution in [3.8, 4) is 11.5 Å². The van der Waals surface area contributed by atoms with Gasteiger partial charge in [-0.25, -0.2) is 9.79 Å². The van der Waals surface area contributed by atoms with Gasteiger partial charge in [-0.15, -0.1) is 0 Å². The van der Waals surface area contributed by atoms with E-state index < -0.39 is 5.97 Å². The third-order valence-electron chi connectivity index (χ3n) is 4.37. The van der Waals surface area contributed by atoms with Crippen LogP contribution in [-0.2, 0) is 16.1 Å². The van der Waals surface area contributed by atoms with Crippen LogP contribution >= 0.6 is 15.9 Å². The van der Waals surface area contributed by atoms with Crippen molar-refractivity contribution < 1.29 is 23.4 Å². The third kappa shape index (κ3) is 4.31. The Kier molecular flexibility index (Phi) is 5.72. The van der Waals surface area contributed by atoms with Crippen LogP contribution in [0.3, 0.4) is 0 Å². The predicted molar refractivity (Wildman–Crippen MR) is 116 cm³/mol. The lowest BCUT2D eigenvalue weighted by atomic mass is 10.1. The van der Waals surface area contributed by atoms with Gasteiger partial charge in [0.05, 0.1) is 17.8 Å². The van der Waals surface area contributed by atoms with E-state index in [2.05, 4.69) is 27.0 Å². The van der Waals surface area contributed by atoms with E-state index in [0.29, 0.717) is 33.9 Å². The second kappa shape index (κ2) is 8.59. The zero-order valence-electron chi connectivity index (χ0n) is 16.3. The molecule has 2 heterocycles. The van der Waals surface area contributed by atoms with Gasteiger partial charge in [0.2, 0.25) is 0 Å². The van der Waals surface area contributed by atoms with Gasteiger partial charge in [-0.1, -0.05) is 29.8 Å². The second-order valence-corrected chi connectivity index (χ2v) is 7.48. The van der Waals surface area contributed by atoms with Gasteiger partial charge in [0.1, 0.15) is 6.61 Å². The Morgan fingerprint density at radius 1 is 1.17 bits per heavy atom. The normalized spacial score (nSPS) is 14.6. The van der Waals surface area contributed by atoms with E-state index in [1.807, 2.05) is 31.2 Å². The molecule has 1 aliphatic heterocycles. The summed E-state index contributed by atoms with van der Waals surface area (Å²) in [5.74, 6) is 1.10. The molecule has 0 unspecified atom stereocenters. The summed E-state index contributed by atoms with van der Waals surface area (Å²) in [5.41, 5.74) is 3.10. The number of carbonyl (C=O) groups is 1. The first-order chi connectivity index (χ1) is 14.5. The van der Waals surface area contributed by atoms with Crippen molar-refractivity contribution in [2.24, 2.45) is 4.99 Å². The van der Waals surface area contributed by atoms with E-state index in [-0.39, 0.29) is 11.6 Å². The number of rotatable bonds is 6. The minimum Gasteiger partial charge on any atom is -0.493 e. The first kappa shape index (κ1) is 20.0. The van der Waals surface area contributed by atoms with Gasteiger partial charge in [-0.3, -0.25) is 0 Å². The Hall–Kier alpha value is -3.32. The van der Waals surface area contributed by atoms with E-state index in [1.54, 1.807) is 31.4 Å². The zero-order valence-corrected chi connectivity index (χ0v) is 17.9. The molecule has 0 fully saturated rings. The van der Waals surface area contributed by atoms with Crippen LogP contribution in [0.1, 0.15) is 22.5 Å². The molecule has 0 spiro atoms. The molecule has 0 radical (unpaired) electrons. The first-order valence-corrected chi connectivity index (χ1v) is 9.95. The van der Waals surface area contributed by atoms with Crippen molar-refractivity contribution in [1.82, 2.24) is 0 Å². The van der Waals surface area contributed by atoms with E-state index in [4.69, 9.17) is 18.6 Å². The van der Waals surface area contributed by atoms with Crippen LogP contribution in [0.4, 0.5) is 0 Å². The molecule has 7 heteroatoms. The summed E-state index contributed by atoms with van der Waals surface area (Å²) in [6.07, 6.45) is 3.11.